The molecule has 33 heavy (non-hydrogen) atoms. The summed E-state index contributed by atoms with van der Waals surface area (Å²) in [6.45, 7) is 10.4. The fourth-order valence-corrected chi connectivity index (χ4v) is 5.53. The summed E-state index contributed by atoms with van der Waals surface area (Å²) in [5.41, 5.74) is 0.445. The van der Waals surface area contributed by atoms with Gasteiger partial charge in [0.15, 0.2) is 0 Å². The minimum Gasteiger partial charge on any atom is -0.324 e. The van der Waals surface area contributed by atoms with Crippen LogP contribution >= 0.6 is 0 Å². The molecule has 2 heterocycles. The molecule has 0 saturated heterocycles. The maximum Gasteiger partial charge on any atom is 0.237 e. The van der Waals surface area contributed by atoms with Crippen LogP contribution in [0.2, 0.25) is 0 Å². The third-order valence-corrected chi connectivity index (χ3v) is 7.36. The van der Waals surface area contributed by atoms with Gasteiger partial charge in [0.2, 0.25) is 5.91 Å². The van der Waals surface area contributed by atoms with Crippen molar-refractivity contribution < 1.29 is 9.18 Å². The minimum atomic E-state index is -0.998. The first-order chi connectivity index (χ1) is 15.7. The van der Waals surface area contributed by atoms with Crippen molar-refractivity contribution in [1.29, 1.82) is 5.26 Å². The van der Waals surface area contributed by atoms with Gasteiger partial charge in [0.1, 0.15) is 17.6 Å². The molecule has 1 aromatic heterocycles. The third-order valence-electron chi connectivity index (χ3n) is 7.36. The van der Waals surface area contributed by atoms with Crippen molar-refractivity contribution in [1.82, 2.24) is 4.98 Å². The molecule has 0 spiro atoms. The lowest BCUT2D eigenvalue weighted by Gasteiger charge is -2.43. The highest BCUT2D eigenvalue weighted by Gasteiger charge is 2.61. The molecule has 3 atom stereocenters. The Morgan fingerprint density at radius 1 is 1.24 bits per heavy atom. The SMILES string of the molecule is C=C1/N=N\C(c2ccccc2F)=C/C(C)[C@H]2CCC1(C(=O)Nc1ccc(C#N)nc1)C2(C)C. The minimum absolute atomic E-state index is 0.0331. The van der Waals surface area contributed by atoms with Crippen LogP contribution < -0.4 is 5.32 Å². The smallest absolute Gasteiger partial charge is 0.237 e. The Kier molecular flexibility index (Phi) is 5.71. The van der Waals surface area contributed by atoms with Crippen LogP contribution in [0.5, 0.6) is 0 Å². The number of rotatable bonds is 3. The summed E-state index contributed by atoms with van der Waals surface area (Å²) in [5, 5.41) is 20.7. The van der Waals surface area contributed by atoms with E-state index in [2.05, 4.69) is 47.9 Å². The van der Waals surface area contributed by atoms with Gasteiger partial charge in [0, 0.05) is 5.56 Å². The molecule has 1 saturated carbocycles. The first-order valence-corrected chi connectivity index (χ1v) is 11.0. The van der Waals surface area contributed by atoms with Crippen molar-refractivity contribution in [3.05, 3.63) is 78.0 Å². The number of amides is 1. The van der Waals surface area contributed by atoms with Crippen molar-refractivity contribution in [3.63, 3.8) is 0 Å². The van der Waals surface area contributed by atoms with Crippen LogP contribution in [0.15, 0.2) is 71.2 Å². The van der Waals surface area contributed by atoms with Gasteiger partial charge in [0.25, 0.3) is 0 Å². The zero-order chi connectivity index (χ0) is 23.8. The van der Waals surface area contributed by atoms with Gasteiger partial charge in [-0.15, -0.1) is 0 Å². The number of nitrogens with zero attached hydrogens (tertiary/aromatic N) is 4. The van der Waals surface area contributed by atoms with E-state index in [9.17, 15) is 9.18 Å². The Labute approximate surface area is 193 Å². The zero-order valence-corrected chi connectivity index (χ0v) is 19.0. The van der Waals surface area contributed by atoms with Crippen LogP contribution in [0.4, 0.5) is 10.1 Å². The van der Waals surface area contributed by atoms with E-state index in [0.717, 1.165) is 6.42 Å². The third kappa shape index (κ3) is 3.66. The molecular weight excluding hydrogens is 417 g/mol. The predicted octanol–water partition coefficient (Wildman–Crippen LogP) is 6.11. The van der Waals surface area contributed by atoms with Gasteiger partial charge in [-0.3, -0.25) is 4.79 Å². The molecule has 1 aliphatic heterocycles. The highest BCUT2D eigenvalue weighted by Crippen LogP contribution is 2.62. The average Bonchev–Trinajstić information content (AvgIpc) is 3.09. The molecule has 2 unspecified atom stereocenters. The number of hydrogen-bond donors (Lipinski definition) is 1. The van der Waals surface area contributed by atoms with E-state index in [1.807, 2.05) is 12.1 Å². The van der Waals surface area contributed by atoms with Gasteiger partial charge in [-0.1, -0.05) is 45.6 Å². The molecule has 1 aliphatic carbocycles. The molecule has 4 rings (SSSR count). The Hall–Kier alpha value is -3.66. The predicted molar refractivity (Wildman–Crippen MR) is 124 cm³/mol. The second-order valence-corrected chi connectivity index (χ2v) is 9.31. The van der Waals surface area contributed by atoms with Gasteiger partial charge in [-0.2, -0.15) is 15.5 Å². The van der Waals surface area contributed by atoms with Gasteiger partial charge >= 0.3 is 0 Å². The topological polar surface area (TPSA) is 90.5 Å². The molecule has 2 aromatic rings. The van der Waals surface area contributed by atoms with E-state index in [-0.39, 0.29) is 29.3 Å². The molecule has 1 N–H and O–H groups in total. The largest absolute Gasteiger partial charge is 0.324 e. The summed E-state index contributed by atoms with van der Waals surface area (Å²) in [6, 6.07) is 11.6. The molecule has 7 heteroatoms. The number of carbonyl (C=O) groups excluding carboxylic acids is 1. The number of azo groups is 1. The van der Waals surface area contributed by atoms with Crippen molar-refractivity contribution in [2.24, 2.45) is 32.9 Å². The monoisotopic (exact) mass is 443 g/mol. The number of anilines is 1. The van der Waals surface area contributed by atoms with E-state index in [0.29, 0.717) is 29.1 Å². The molecule has 6 nitrogen and oxygen atoms in total. The highest BCUT2D eigenvalue weighted by atomic mass is 19.1. The van der Waals surface area contributed by atoms with Gasteiger partial charge in [0.05, 0.1) is 28.7 Å². The van der Waals surface area contributed by atoms with Gasteiger partial charge in [-0.25, -0.2) is 9.37 Å². The lowest BCUT2D eigenvalue weighted by atomic mass is 9.60. The Morgan fingerprint density at radius 3 is 2.67 bits per heavy atom. The Balaban J connectivity index is 1.75. The number of carbonyl (C=O) groups is 1. The van der Waals surface area contributed by atoms with Crippen LogP contribution in [0.1, 0.15) is 44.9 Å². The molecule has 1 aromatic carbocycles. The van der Waals surface area contributed by atoms with Crippen LogP contribution in [0, 0.1) is 39.8 Å². The van der Waals surface area contributed by atoms with E-state index in [1.165, 1.54) is 12.3 Å². The number of allylic oxidation sites excluding steroid dienone is 1. The fraction of sp³-hybridized carbons (Fsp3) is 0.346. The van der Waals surface area contributed by atoms with Crippen molar-refractivity contribution in [2.75, 3.05) is 5.32 Å². The van der Waals surface area contributed by atoms with Crippen LogP contribution in [-0.4, -0.2) is 10.9 Å². The quantitative estimate of drug-likeness (QED) is 0.620. The number of hydrogen-bond acceptors (Lipinski definition) is 5. The molecule has 2 bridgehead atoms. The fourth-order valence-electron chi connectivity index (χ4n) is 5.53. The van der Waals surface area contributed by atoms with Crippen molar-refractivity contribution in [2.45, 2.75) is 33.6 Å². The normalized spacial score (nSPS) is 28.5. The molecule has 1 amide bonds. The number of pyridine rings is 1. The second kappa shape index (κ2) is 8.36. The van der Waals surface area contributed by atoms with Crippen LogP contribution in [0.3, 0.4) is 0 Å². The Bertz CT molecular complexity index is 1210. The number of nitriles is 1. The molecule has 0 radical (unpaired) electrons. The maximum absolute atomic E-state index is 14.5. The second-order valence-electron chi connectivity index (χ2n) is 9.31. The average molecular weight is 444 g/mol. The summed E-state index contributed by atoms with van der Waals surface area (Å²) in [5.74, 6) is -0.438. The summed E-state index contributed by atoms with van der Waals surface area (Å²) in [6.07, 6.45) is 4.78. The standard InChI is InChI=1S/C26H26FN5O/c1-16-13-23(20-7-5-6-8-22(20)27)32-31-17(2)26(12-11-21(16)25(26,3)4)24(33)30-19-10-9-18(14-28)29-15-19/h5-10,13,15-16,21H,2,11-12H2,1,3-4H3,(H,30,33)/b23-13-,32-31-/t16?,21-,26?/m1/s1. The van der Waals surface area contributed by atoms with E-state index < -0.39 is 10.8 Å². The number of benzene rings is 1. The van der Waals surface area contributed by atoms with Crippen molar-refractivity contribution in [3.8, 4) is 6.07 Å². The van der Waals surface area contributed by atoms with Gasteiger partial charge in [-0.05, 0) is 54.4 Å². The summed E-state index contributed by atoms with van der Waals surface area (Å²) < 4.78 is 14.5. The van der Waals surface area contributed by atoms with Gasteiger partial charge < -0.3 is 5.32 Å². The summed E-state index contributed by atoms with van der Waals surface area (Å²) in [4.78, 5) is 17.8. The molecule has 1 fully saturated rings. The van der Waals surface area contributed by atoms with E-state index >= 15 is 0 Å². The first-order valence-electron chi connectivity index (χ1n) is 11.0. The van der Waals surface area contributed by atoms with Crippen LogP contribution in [0.25, 0.3) is 5.70 Å². The number of nitrogens with one attached hydrogen (secondary N) is 1. The lowest BCUT2D eigenvalue weighted by Crippen LogP contribution is -2.47. The highest BCUT2D eigenvalue weighted by molar-refractivity contribution is 5.98. The molecule has 168 valence electrons. The summed E-state index contributed by atoms with van der Waals surface area (Å²) in [7, 11) is 0. The summed E-state index contributed by atoms with van der Waals surface area (Å²) >= 11 is 0. The van der Waals surface area contributed by atoms with E-state index in [1.54, 1.807) is 30.3 Å². The first kappa shape index (κ1) is 22.5. The number of halogens is 1. The zero-order valence-electron chi connectivity index (χ0n) is 19.0. The maximum atomic E-state index is 14.5. The lowest BCUT2D eigenvalue weighted by molar-refractivity contribution is -0.129. The molecular formula is C26H26FN5O. The van der Waals surface area contributed by atoms with E-state index in [4.69, 9.17) is 5.26 Å². The molecule has 2 aliphatic rings. The number of fused-ring (bicyclic) bond motifs is 2. The van der Waals surface area contributed by atoms with Crippen LogP contribution in [-0.2, 0) is 4.79 Å². The Morgan fingerprint density at radius 2 is 2.00 bits per heavy atom. The number of aromatic nitrogens is 1. The van der Waals surface area contributed by atoms with Crippen molar-refractivity contribution >= 4 is 17.3 Å².